The highest BCUT2D eigenvalue weighted by molar-refractivity contribution is 5.82. The lowest BCUT2D eigenvalue weighted by atomic mass is 9.89. The van der Waals surface area contributed by atoms with Gasteiger partial charge in [0.1, 0.15) is 5.78 Å². The van der Waals surface area contributed by atoms with Crippen molar-refractivity contribution >= 4 is 5.78 Å². The molecular weight excluding hydrogens is 244 g/mol. The highest BCUT2D eigenvalue weighted by Crippen LogP contribution is 2.17. The van der Waals surface area contributed by atoms with E-state index in [1.54, 1.807) is 0 Å². The summed E-state index contributed by atoms with van der Waals surface area (Å²) in [6, 6.07) is 0. The van der Waals surface area contributed by atoms with Crippen molar-refractivity contribution in [3.05, 3.63) is 12.7 Å². The molecule has 0 aromatic rings. The van der Waals surface area contributed by atoms with E-state index in [1.807, 2.05) is 6.08 Å². The first kappa shape index (κ1) is 19.4. The molecule has 0 saturated carbocycles. The fourth-order valence-corrected chi connectivity index (χ4v) is 2.73. The number of Topliss-reactive ketones (excluding diaryl/α,β-unsaturated/α-hetero) is 1. The molecule has 1 nitrogen and oxygen atoms in total. The molecule has 0 fully saturated rings. The van der Waals surface area contributed by atoms with Gasteiger partial charge in [0.05, 0.1) is 0 Å². The van der Waals surface area contributed by atoms with Crippen LogP contribution in [0.1, 0.15) is 91.4 Å². The Kier molecular flexibility index (Phi) is 13.0. The van der Waals surface area contributed by atoms with Gasteiger partial charge >= 0.3 is 0 Å². The van der Waals surface area contributed by atoms with Crippen LogP contribution in [-0.4, -0.2) is 5.78 Å². The lowest BCUT2D eigenvalue weighted by molar-refractivity contribution is -0.122. The number of rotatable bonds is 14. The van der Waals surface area contributed by atoms with Crippen molar-refractivity contribution in [1.29, 1.82) is 0 Å². The molecule has 0 spiro atoms. The number of ketones is 1. The van der Waals surface area contributed by atoms with Gasteiger partial charge in [0, 0.05) is 12.3 Å². The van der Waals surface area contributed by atoms with Crippen molar-refractivity contribution in [3.8, 4) is 0 Å². The summed E-state index contributed by atoms with van der Waals surface area (Å²) in [7, 11) is 0. The lowest BCUT2D eigenvalue weighted by Gasteiger charge is -2.14. The summed E-state index contributed by atoms with van der Waals surface area (Å²) >= 11 is 0. The zero-order chi connectivity index (χ0) is 15.2. The summed E-state index contributed by atoms with van der Waals surface area (Å²) in [4.78, 5) is 12.0. The Hall–Kier alpha value is -0.590. The van der Waals surface area contributed by atoms with Crippen LogP contribution < -0.4 is 0 Å². The van der Waals surface area contributed by atoms with Crippen LogP contribution in [0.3, 0.4) is 0 Å². The predicted octanol–water partition coefficient (Wildman–Crippen LogP) is 6.32. The fraction of sp³-hybridized carbons (Fsp3) is 0.842. The molecule has 0 saturated heterocycles. The van der Waals surface area contributed by atoms with Gasteiger partial charge in [-0.3, -0.25) is 4.79 Å². The quantitative estimate of drug-likeness (QED) is 0.268. The minimum absolute atomic E-state index is 0.0635. The third-order valence-corrected chi connectivity index (χ3v) is 4.12. The van der Waals surface area contributed by atoms with Crippen LogP contribution in [0.2, 0.25) is 0 Å². The van der Waals surface area contributed by atoms with Crippen LogP contribution in [0, 0.1) is 11.8 Å². The SMILES string of the molecule is C=CC(C(=O)CCCCCCCCCCCC)C(C)C. The summed E-state index contributed by atoms with van der Waals surface area (Å²) in [6.45, 7) is 10.2. The van der Waals surface area contributed by atoms with Gasteiger partial charge in [-0.25, -0.2) is 0 Å². The Morgan fingerprint density at radius 2 is 1.35 bits per heavy atom. The molecule has 0 aromatic heterocycles. The molecule has 118 valence electrons. The van der Waals surface area contributed by atoms with Crippen molar-refractivity contribution in [3.63, 3.8) is 0 Å². The molecular formula is C19H36O. The van der Waals surface area contributed by atoms with Crippen molar-refractivity contribution < 1.29 is 4.79 Å². The minimum Gasteiger partial charge on any atom is -0.299 e. The van der Waals surface area contributed by atoms with Gasteiger partial charge in [0.15, 0.2) is 0 Å². The van der Waals surface area contributed by atoms with Gasteiger partial charge in [0.25, 0.3) is 0 Å². The summed E-state index contributed by atoms with van der Waals surface area (Å²) in [5.74, 6) is 0.839. The lowest BCUT2D eigenvalue weighted by Crippen LogP contribution is -2.17. The number of unbranched alkanes of at least 4 members (excludes halogenated alkanes) is 9. The average molecular weight is 280 g/mol. The molecule has 20 heavy (non-hydrogen) atoms. The third-order valence-electron chi connectivity index (χ3n) is 4.12. The molecule has 0 heterocycles. The van der Waals surface area contributed by atoms with E-state index in [9.17, 15) is 4.79 Å². The van der Waals surface area contributed by atoms with E-state index in [0.717, 1.165) is 12.8 Å². The van der Waals surface area contributed by atoms with E-state index < -0.39 is 0 Å². The molecule has 0 aliphatic heterocycles. The van der Waals surface area contributed by atoms with Crippen molar-refractivity contribution in [2.24, 2.45) is 11.8 Å². The van der Waals surface area contributed by atoms with Crippen molar-refractivity contribution in [2.45, 2.75) is 91.4 Å². The largest absolute Gasteiger partial charge is 0.299 e. The molecule has 0 rings (SSSR count). The van der Waals surface area contributed by atoms with E-state index in [0.29, 0.717) is 11.7 Å². The second kappa shape index (κ2) is 13.4. The second-order valence-corrected chi connectivity index (χ2v) is 6.40. The molecule has 0 bridgehead atoms. The van der Waals surface area contributed by atoms with E-state index in [2.05, 4.69) is 27.4 Å². The van der Waals surface area contributed by atoms with Gasteiger partial charge in [-0.05, 0) is 12.3 Å². The maximum atomic E-state index is 12.0. The van der Waals surface area contributed by atoms with Gasteiger partial charge in [0.2, 0.25) is 0 Å². The Bertz CT molecular complexity index is 242. The molecule has 0 aliphatic rings. The molecule has 0 aromatic carbocycles. The van der Waals surface area contributed by atoms with Crippen LogP contribution in [0.5, 0.6) is 0 Å². The predicted molar refractivity (Wildman–Crippen MR) is 90.0 cm³/mol. The number of carbonyl (C=O) groups excluding carboxylic acids is 1. The molecule has 0 aliphatic carbocycles. The number of hydrogen-bond donors (Lipinski definition) is 0. The maximum Gasteiger partial charge on any atom is 0.139 e. The number of allylic oxidation sites excluding steroid dienone is 1. The van der Waals surface area contributed by atoms with Crippen molar-refractivity contribution in [1.82, 2.24) is 0 Å². The normalized spacial score (nSPS) is 12.6. The number of hydrogen-bond acceptors (Lipinski definition) is 1. The highest BCUT2D eigenvalue weighted by Gasteiger charge is 2.17. The molecule has 0 amide bonds. The molecule has 1 atom stereocenters. The average Bonchev–Trinajstić information content (AvgIpc) is 2.41. The van der Waals surface area contributed by atoms with Gasteiger partial charge in [-0.1, -0.05) is 84.6 Å². The molecule has 1 heteroatoms. The third kappa shape index (κ3) is 10.2. The standard InChI is InChI=1S/C19H36O/c1-5-7-8-9-10-11-12-13-14-15-16-19(20)18(6-2)17(3)4/h6,17-18H,2,5,7-16H2,1,3-4H3. The molecule has 0 N–H and O–H groups in total. The van der Waals surface area contributed by atoms with Crippen LogP contribution >= 0.6 is 0 Å². The molecule has 0 radical (unpaired) electrons. The topological polar surface area (TPSA) is 17.1 Å². The first-order valence-corrected chi connectivity index (χ1v) is 8.78. The maximum absolute atomic E-state index is 12.0. The highest BCUT2D eigenvalue weighted by atomic mass is 16.1. The first-order chi connectivity index (χ1) is 9.63. The Morgan fingerprint density at radius 3 is 1.75 bits per heavy atom. The van der Waals surface area contributed by atoms with Gasteiger partial charge in [-0.2, -0.15) is 0 Å². The van der Waals surface area contributed by atoms with Gasteiger partial charge < -0.3 is 0 Å². The zero-order valence-electron chi connectivity index (χ0n) is 14.1. The summed E-state index contributed by atoms with van der Waals surface area (Å²) in [5, 5.41) is 0. The number of carbonyl (C=O) groups is 1. The summed E-state index contributed by atoms with van der Waals surface area (Å²) < 4.78 is 0. The van der Waals surface area contributed by atoms with E-state index in [-0.39, 0.29) is 5.92 Å². The second-order valence-electron chi connectivity index (χ2n) is 6.40. The Labute approximate surface area is 127 Å². The smallest absolute Gasteiger partial charge is 0.139 e. The van der Waals surface area contributed by atoms with Gasteiger partial charge in [-0.15, -0.1) is 6.58 Å². The van der Waals surface area contributed by atoms with Crippen LogP contribution in [0.4, 0.5) is 0 Å². The summed E-state index contributed by atoms with van der Waals surface area (Å²) in [5.41, 5.74) is 0. The Morgan fingerprint density at radius 1 is 0.900 bits per heavy atom. The van der Waals surface area contributed by atoms with E-state index in [1.165, 1.54) is 57.8 Å². The summed E-state index contributed by atoms with van der Waals surface area (Å²) in [6.07, 6.45) is 15.8. The zero-order valence-corrected chi connectivity index (χ0v) is 14.1. The van der Waals surface area contributed by atoms with Crippen LogP contribution in [-0.2, 0) is 4.79 Å². The first-order valence-electron chi connectivity index (χ1n) is 8.78. The van der Waals surface area contributed by atoms with Crippen molar-refractivity contribution in [2.75, 3.05) is 0 Å². The van der Waals surface area contributed by atoms with E-state index in [4.69, 9.17) is 0 Å². The Balaban J connectivity index is 3.39. The molecule has 1 unspecified atom stereocenters. The van der Waals surface area contributed by atoms with E-state index >= 15 is 0 Å². The fourth-order valence-electron chi connectivity index (χ4n) is 2.73. The van der Waals surface area contributed by atoms with Crippen LogP contribution in [0.25, 0.3) is 0 Å². The van der Waals surface area contributed by atoms with Crippen LogP contribution in [0.15, 0.2) is 12.7 Å². The minimum atomic E-state index is 0.0635. The monoisotopic (exact) mass is 280 g/mol.